The summed E-state index contributed by atoms with van der Waals surface area (Å²) in [5.41, 5.74) is 1.39. The fourth-order valence-corrected chi connectivity index (χ4v) is 2.28. The van der Waals surface area contributed by atoms with Crippen LogP contribution in [0.1, 0.15) is 54.8 Å². The van der Waals surface area contributed by atoms with Gasteiger partial charge in [-0.25, -0.2) is 0 Å². The van der Waals surface area contributed by atoms with Gasteiger partial charge in [0.15, 0.2) is 6.23 Å². The quantitative estimate of drug-likeness (QED) is 0.794. The standard InChI is InChI=1S/C14H19NO2/c1-2-3-4-7-10-15-13(16)11-8-5-6-9-12(11)14(15)17/h5-6,8-9,13,16H,2-4,7,10H2,1H3. The molecule has 1 heterocycles. The van der Waals surface area contributed by atoms with Crippen molar-refractivity contribution in [1.29, 1.82) is 0 Å². The Hall–Kier alpha value is -1.35. The van der Waals surface area contributed by atoms with Crippen LogP contribution < -0.4 is 0 Å². The number of rotatable bonds is 5. The summed E-state index contributed by atoms with van der Waals surface area (Å²) in [6.45, 7) is 2.81. The number of hydrogen-bond donors (Lipinski definition) is 1. The van der Waals surface area contributed by atoms with Crippen molar-refractivity contribution in [3.05, 3.63) is 35.4 Å². The van der Waals surface area contributed by atoms with E-state index in [4.69, 9.17) is 0 Å². The average molecular weight is 233 g/mol. The minimum Gasteiger partial charge on any atom is -0.369 e. The van der Waals surface area contributed by atoms with Crippen molar-refractivity contribution < 1.29 is 9.90 Å². The third kappa shape index (κ3) is 2.34. The summed E-state index contributed by atoms with van der Waals surface area (Å²) >= 11 is 0. The number of aliphatic hydroxyl groups excluding tert-OH is 1. The maximum Gasteiger partial charge on any atom is 0.256 e. The number of benzene rings is 1. The molecule has 0 saturated carbocycles. The van der Waals surface area contributed by atoms with Gasteiger partial charge in [-0.1, -0.05) is 44.4 Å². The average Bonchev–Trinajstić information content (AvgIpc) is 2.60. The molecule has 0 aromatic heterocycles. The molecule has 3 nitrogen and oxygen atoms in total. The molecule has 3 heteroatoms. The fourth-order valence-electron chi connectivity index (χ4n) is 2.28. The van der Waals surface area contributed by atoms with E-state index in [2.05, 4.69) is 6.92 Å². The summed E-state index contributed by atoms with van der Waals surface area (Å²) in [7, 11) is 0. The Morgan fingerprint density at radius 2 is 2.00 bits per heavy atom. The number of nitrogens with zero attached hydrogens (tertiary/aromatic N) is 1. The highest BCUT2D eigenvalue weighted by Gasteiger charge is 2.34. The second-order valence-corrected chi connectivity index (χ2v) is 4.52. The first kappa shape index (κ1) is 12.1. The molecule has 0 bridgehead atoms. The van der Waals surface area contributed by atoms with Crippen LogP contribution in [0.3, 0.4) is 0 Å². The molecule has 1 aliphatic rings. The first-order valence-electron chi connectivity index (χ1n) is 6.33. The highest BCUT2D eigenvalue weighted by Crippen LogP contribution is 2.31. The summed E-state index contributed by atoms with van der Waals surface area (Å²) < 4.78 is 0. The molecule has 2 rings (SSSR count). The Morgan fingerprint density at radius 3 is 2.71 bits per heavy atom. The summed E-state index contributed by atoms with van der Waals surface area (Å²) in [5.74, 6) is -0.0374. The van der Waals surface area contributed by atoms with Crippen LogP contribution in [0.5, 0.6) is 0 Å². The van der Waals surface area contributed by atoms with E-state index in [-0.39, 0.29) is 5.91 Å². The minimum absolute atomic E-state index is 0.0374. The van der Waals surface area contributed by atoms with Gasteiger partial charge in [-0.3, -0.25) is 4.79 Å². The first-order valence-corrected chi connectivity index (χ1v) is 6.33. The smallest absolute Gasteiger partial charge is 0.256 e. The van der Waals surface area contributed by atoms with Gasteiger partial charge in [0, 0.05) is 17.7 Å². The normalized spacial score (nSPS) is 18.6. The lowest BCUT2D eigenvalue weighted by molar-refractivity contribution is 0.0170. The predicted octanol–water partition coefficient (Wildman–Crippen LogP) is 2.71. The summed E-state index contributed by atoms with van der Waals surface area (Å²) in [4.78, 5) is 13.6. The van der Waals surface area contributed by atoms with Crippen LogP contribution in [0.2, 0.25) is 0 Å². The van der Waals surface area contributed by atoms with E-state index in [1.807, 2.05) is 18.2 Å². The number of carbonyl (C=O) groups is 1. The van der Waals surface area contributed by atoms with Crippen LogP contribution in [0.4, 0.5) is 0 Å². The van der Waals surface area contributed by atoms with Crippen molar-refractivity contribution in [2.75, 3.05) is 6.54 Å². The molecule has 1 aromatic carbocycles. The highest BCUT2D eigenvalue weighted by atomic mass is 16.3. The van der Waals surface area contributed by atoms with Crippen LogP contribution in [0.25, 0.3) is 0 Å². The number of fused-ring (bicyclic) bond motifs is 1. The van der Waals surface area contributed by atoms with Crippen molar-refractivity contribution in [3.63, 3.8) is 0 Å². The zero-order valence-corrected chi connectivity index (χ0v) is 10.2. The van der Waals surface area contributed by atoms with Crippen LogP contribution in [-0.4, -0.2) is 22.5 Å². The SMILES string of the molecule is CCCCCCN1C(=O)c2ccccc2C1O. The molecule has 0 fully saturated rings. The minimum atomic E-state index is -0.750. The Balaban J connectivity index is 2.00. The van der Waals surface area contributed by atoms with Gasteiger partial charge in [-0.2, -0.15) is 0 Å². The maximum atomic E-state index is 12.0. The Morgan fingerprint density at radius 1 is 1.24 bits per heavy atom. The fraction of sp³-hybridized carbons (Fsp3) is 0.500. The Kier molecular flexibility index (Phi) is 3.79. The van der Waals surface area contributed by atoms with Crippen LogP contribution in [0.15, 0.2) is 24.3 Å². The van der Waals surface area contributed by atoms with E-state index in [1.54, 1.807) is 11.0 Å². The van der Waals surface area contributed by atoms with Crippen molar-refractivity contribution in [2.24, 2.45) is 0 Å². The number of aliphatic hydroxyl groups is 1. The van der Waals surface area contributed by atoms with Gasteiger partial charge in [0.1, 0.15) is 0 Å². The Labute approximate surface area is 102 Å². The van der Waals surface area contributed by atoms with Crippen molar-refractivity contribution in [3.8, 4) is 0 Å². The number of hydrogen-bond acceptors (Lipinski definition) is 2. The van der Waals surface area contributed by atoms with Crippen molar-refractivity contribution in [2.45, 2.75) is 38.8 Å². The van der Waals surface area contributed by atoms with Crippen LogP contribution in [0, 0.1) is 0 Å². The molecule has 0 saturated heterocycles. The van der Waals surface area contributed by atoms with Crippen LogP contribution >= 0.6 is 0 Å². The lowest BCUT2D eigenvalue weighted by Gasteiger charge is -2.20. The molecule has 17 heavy (non-hydrogen) atoms. The maximum absolute atomic E-state index is 12.0. The molecule has 1 aromatic rings. The largest absolute Gasteiger partial charge is 0.369 e. The molecular weight excluding hydrogens is 214 g/mol. The molecule has 1 unspecified atom stereocenters. The van der Waals surface area contributed by atoms with E-state index in [9.17, 15) is 9.90 Å². The second-order valence-electron chi connectivity index (χ2n) is 4.52. The number of carbonyl (C=O) groups excluding carboxylic acids is 1. The van der Waals surface area contributed by atoms with E-state index >= 15 is 0 Å². The van der Waals surface area contributed by atoms with Gasteiger partial charge in [0.05, 0.1) is 0 Å². The second kappa shape index (κ2) is 5.32. The lowest BCUT2D eigenvalue weighted by Crippen LogP contribution is -2.28. The molecule has 1 aliphatic heterocycles. The lowest BCUT2D eigenvalue weighted by atomic mass is 10.1. The zero-order valence-electron chi connectivity index (χ0n) is 10.2. The van der Waals surface area contributed by atoms with Gasteiger partial charge >= 0.3 is 0 Å². The van der Waals surface area contributed by atoms with Gasteiger partial charge < -0.3 is 10.0 Å². The molecule has 0 radical (unpaired) electrons. The third-order valence-corrected chi connectivity index (χ3v) is 3.28. The molecule has 0 aliphatic carbocycles. The summed E-state index contributed by atoms with van der Waals surface area (Å²) in [5, 5.41) is 10.1. The first-order chi connectivity index (χ1) is 8.25. The van der Waals surface area contributed by atoms with Gasteiger partial charge in [0.2, 0.25) is 0 Å². The number of unbranched alkanes of at least 4 members (excludes halogenated alkanes) is 3. The molecular formula is C14H19NO2. The molecule has 1 atom stereocenters. The van der Waals surface area contributed by atoms with E-state index in [0.717, 1.165) is 18.4 Å². The third-order valence-electron chi connectivity index (χ3n) is 3.28. The van der Waals surface area contributed by atoms with Gasteiger partial charge in [-0.05, 0) is 12.5 Å². The predicted molar refractivity (Wildman–Crippen MR) is 66.6 cm³/mol. The van der Waals surface area contributed by atoms with Gasteiger partial charge in [0.25, 0.3) is 5.91 Å². The van der Waals surface area contributed by atoms with Crippen LogP contribution in [-0.2, 0) is 0 Å². The summed E-state index contributed by atoms with van der Waals surface area (Å²) in [6, 6.07) is 7.30. The highest BCUT2D eigenvalue weighted by molar-refractivity contribution is 5.98. The topological polar surface area (TPSA) is 40.5 Å². The molecule has 1 N–H and O–H groups in total. The summed E-state index contributed by atoms with van der Waals surface area (Å²) in [6.07, 6.45) is 3.69. The molecule has 1 amide bonds. The molecule has 0 spiro atoms. The van der Waals surface area contributed by atoms with E-state index < -0.39 is 6.23 Å². The Bertz CT molecular complexity index is 403. The van der Waals surface area contributed by atoms with Crippen molar-refractivity contribution >= 4 is 5.91 Å². The monoisotopic (exact) mass is 233 g/mol. The molecule has 92 valence electrons. The number of amides is 1. The van der Waals surface area contributed by atoms with E-state index in [0.29, 0.717) is 12.1 Å². The van der Waals surface area contributed by atoms with Crippen molar-refractivity contribution in [1.82, 2.24) is 4.90 Å². The van der Waals surface area contributed by atoms with Gasteiger partial charge in [-0.15, -0.1) is 0 Å². The van der Waals surface area contributed by atoms with E-state index in [1.165, 1.54) is 12.8 Å². The zero-order chi connectivity index (χ0) is 12.3.